The molecule has 5 rings (SSSR count). The van der Waals surface area contributed by atoms with Gasteiger partial charge < -0.3 is 5.32 Å². The van der Waals surface area contributed by atoms with Gasteiger partial charge in [-0.1, -0.05) is 60.2 Å². The van der Waals surface area contributed by atoms with Crippen molar-refractivity contribution in [3.63, 3.8) is 0 Å². The first-order valence-electron chi connectivity index (χ1n) is 10.3. The zero-order valence-electron chi connectivity index (χ0n) is 17.0. The summed E-state index contributed by atoms with van der Waals surface area (Å²) in [4.78, 5) is 0.252. The van der Waals surface area contributed by atoms with E-state index < -0.39 is 10.0 Å². The molecule has 4 nitrogen and oxygen atoms in total. The van der Waals surface area contributed by atoms with E-state index in [-0.39, 0.29) is 16.9 Å². The number of aryl methyl sites for hydroxylation is 1. The summed E-state index contributed by atoms with van der Waals surface area (Å²) < 4.78 is 28.8. The normalized spacial score (nSPS) is 21.8. The number of rotatable bonds is 4. The smallest absolute Gasteiger partial charge is 0.261 e. The van der Waals surface area contributed by atoms with Crippen molar-refractivity contribution >= 4 is 33.0 Å². The molecule has 1 heterocycles. The summed E-state index contributed by atoms with van der Waals surface area (Å²) in [5, 5.41) is 4.18. The first kappa shape index (κ1) is 20.2. The molecule has 3 aromatic rings. The SMILES string of the molecule is Cc1ccc(NS(=O)(=O)c2ccc3c(c2)[C@@H]2C=CC[C@@H]2[C@H](c2ccccc2)N3)cc1Cl. The highest BCUT2D eigenvalue weighted by molar-refractivity contribution is 7.92. The maximum atomic E-state index is 13.1. The van der Waals surface area contributed by atoms with Crippen molar-refractivity contribution in [2.24, 2.45) is 5.92 Å². The minimum absolute atomic E-state index is 0.186. The lowest BCUT2D eigenvalue weighted by Gasteiger charge is -2.37. The summed E-state index contributed by atoms with van der Waals surface area (Å²) in [5.74, 6) is 0.544. The van der Waals surface area contributed by atoms with Gasteiger partial charge >= 0.3 is 0 Å². The fourth-order valence-electron chi connectivity index (χ4n) is 4.60. The predicted molar refractivity (Wildman–Crippen MR) is 126 cm³/mol. The van der Waals surface area contributed by atoms with Gasteiger partial charge in [0.15, 0.2) is 0 Å². The maximum absolute atomic E-state index is 13.1. The van der Waals surface area contributed by atoms with Crippen molar-refractivity contribution in [2.45, 2.75) is 30.2 Å². The van der Waals surface area contributed by atoms with E-state index in [1.54, 1.807) is 30.3 Å². The van der Waals surface area contributed by atoms with Gasteiger partial charge in [0.05, 0.1) is 16.6 Å². The van der Waals surface area contributed by atoms with Gasteiger partial charge in [0, 0.05) is 16.6 Å². The number of anilines is 2. The molecule has 3 atom stereocenters. The van der Waals surface area contributed by atoms with Gasteiger partial charge in [-0.3, -0.25) is 4.72 Å². The highest BCUT2D eigenvalue weighted by Gasteiger charge is 2.38. The third-order valence-corrected chi connectivity index (χ3v) is 8.01. The Hall–Kier alpha value is -2.76. The van der Waals surface area contributed by atoms with E-state index in [4.69, 9.17) is 11.6 Å². The van der Waals surface area contributed by atoms with Crippen molar-refractivity contribution in [1.82, 2.24) is 0 Å². The molecule has 0 spiro atoms. The average Bonchev–Trinajstić information content (AvgIpc) is 3.26. The molecule has 3 aromatic carbocycles. The Morgan fingerprint density at radius 1 is 1.03 bits per heavy atom. The predicted octanol–water partition coefficient (Wildman–Crippen LogP) is 6.28. The molecule has 0 aromatic heterocycles. The molecular weight excluding hydrogens is 428 g/mol. The van der Waals surface area contributed by atoms with E-state index in [0.717, 1.165) is 23.2 Å². The molecule has 0 unspecified atom stereocenters. The number of benzene rings is 3. The monoisotopic (exact) mass is 450 g/mol. The van der Waals surface area contributed by atoms with Crippen LogP contribution in [0.2, 0.25) is 5.02 Å². The Balaban J connectivity index is 1.48. The number of halogens is 1. The van der Waals surface area contributed by atoms with Crippen LogP contribution < -0.4 is 10.0 Å². The minimum atomic E-state index is -3.73. The average molecular weight is 451 g/mol. The van der Waals surface area contributed by atoms with Crippen molar-refractivity contribution in [3.05, 3.63) is 101 Å². The van der Waals surface area contributed by atoms with E-state index in [0.29, 0.717) is 16.6 Å². The molecule has 0 amide bonds. The largest absolute Gasteiger partial charge is 0.378 e. The van der Waals surface area contributed by atoms with Gasteiger partial charge in [0.25, 0.3) is 10.0 Å². The first-order chi connectivity index (χ1) is 14.9. The molecule has 31 heavy (non-hydrogen) atoms. The second kappa shape index (κ2) is 7.74. The molecule has 0 saturated heterocycles. The fourth-order valence-corrected chi connectivity index (χ4v) is 5.87. The number of hydrogen-bond acceptors (Lipinski definition) is 3. The van der Waals surface area contributed by atoms with Crippen LogP contribution in [0.4, 0.5) is 11.4 Å². The summed E-state index contributed by atoms with van der Waals surface area (Å²) in [6, 6.07) is 21.1. The minimum Gasteiger partial charge on any atom is -0.378 e. The van der Waals surface area contributed by atoms with Gasteiger partial charge in [0.1, 0.15) is 0 Å². The van der Waals surface area contributed by atoms with Crippen LogP contribution in [-0.2, 0) is 10.0 Å². The Bertz CT molecular complexity index is 1270. The number of nitrogens with one attached hydrogen (secondary N) is 2. The molecule has 1 aliphatic carbocycles. The molecule has 0 fully saturated rings. The lowest BCUT2D eigenvalue weighted by atomic mass is 9.77. The van der Waals surface area contributed by atoms with Crippen molar-refractivity contribution in [1.29, 1.82) is 0 Å². The summed E-state index contributed by atoms with van der Waals surface area (Å²) >= 11 is 6.16. The lowest BCUT2D eigenvalue weighted by Crippen LogP contribution is -2.29. The van der Waals surface area contributed by atoms with Crippen LogP contribution in [-0.4, -0.2) is 8.42 Å². The van der Waals surface area contributed by atoms with Gasteiger partial charge in [-0.05, 0) is 66.3 Å². The number of allylic oxidation sites excluding steroid dienone is 2. The van der Waals surface area contributed by atoms with E-state index in [2.05, 4.69) is 46.5 Å². The first-order valence-corrected chi connectivity index (χ1v) is 12.2. The summed E-state index contributed by atoms with van der Waals surface area (Å²) in [6.45, 7) is 1.88. The third-order valence-electron chi connectivity index (χ3n) is 6.23. The quantitative estimate of drug-likeness (QED) is 0.460. The molecule has 0 radical (unpaired) electrons. The summed E-state index contributed by atoms with van der Waals surface area (Å²) in [6.07, 6.45) is 5.38. The molecule has 158 valence electrons. The van der Waals surface area contributed by atoms with Gasteiger partial charge in [-0.15, -0.1) is 0 Å². The topological polar surface area (TPSA) is 58.2 Å². The molecule has 6 heteroatoms. The highest BCUT2D eigenvalue weighted by atomic mass is 35.5. The molecule has 2 N–H and O–H groups in total. The Kier molecular flexibility index (Phi) is 5.03. The highest BCUT2D eigenvalue weighted by Crippen LogP contribution is 2.50. The second-order valence-electron chi connectivity index (χ2n) is 8.20. The fraction of sp³-hybridized carbons (Fsp3) is 0.200. The number of fused-ring (bicyclic) bond motifs is 3. The molecular formula is C25H23ClN2O2S. The zero-order chi connectivity index (χ0) is 21.6. The summed E-state index contributed by atoms with van der Waals surface area (Å²) in [7, 11) is -3.73. The standard InChI is InChI=1S/C25H23ClN2O2S/c1-16-10-11-18(14-23(16)26)28-31(29,30)19-12-13-24-22(15-19)20-8-5-9-21(20)25(27-24)17-6-3-2-4-7-17/h2-8,10-15,20-21,25,27-28H,9H2,1H3/t20-,21+,25+/m1/s1. The van der Waals surface area contributed by atoms with Crippen LogP contribution in [0.1, 0.15) is 35.1 Å². The van der Waals surface area contributed by atoms with Crippen LogP contribution in [0.25, 0.3) is 0 Å². The molecule has 0 bridgehead atoms. The zero-order valence-corrected chi connectivity index (χ0v) is 18.6. The van der Waals surface area contributed by atoms with Crippen molar-refractivity contribution in [2.75, 3.05) is 10.0 Å². The number of sulfonamides is 1. The van der Waals surface area contributed by atoms with E-state index in [1.165, 1.54) is 5.56 Å². The van der Waals surface area contributed by atoms with Crippen molar-refractivity contribution < 1.29 is 8.42 Å². The lowest BCUT2D eigenvalue weighted by molar-refractivity contribution is 0.425. The maximum Gasteiger partial charge on any atom is 0.261 e. The van der Waals surface area contributed by atoms with Crippen molar-refractivity contribution in [3.8, 4) is 0 Å². The van der Waals surface area contributed by atoms with Gasteiger partial charge in [0.2, 0.25) is 0 Å². The Morgan fingerprint density at radius 2 is 1.84 bits per heavy atom. The number of hydrogen-bond donors (Lipinski definition) is 2. The summed E-state index contributed by atoms with van der Waals surface area (Å²) in [5.41, 5.74) is 4.61. The van der Waals surface area contributed by atoms with Crippen LogP contribution in [0, 0.1) is 12.8 Å². The van der Waals surface area contributed by atoms with Gasteiger partial charge in [-0.25, -0.2) is 8.42 Å². The van der Waals surface area contributed by atoms with E-state index >= 15 is 0 Å². The van der Waals surface area contributed by atoms with Crippen LogP contribution in [0.3, 0.4) is 0 Å². The van der Waals surface area contributed by atoms with Crippen LogP contribution >= 0.6 is 11.6 Å². The Morgan fingerprint density at radius 3 is 2.61 bits per heavy atom. The van der Waals surface area contributed by atoms with Crippen LogP contribution in [0.5, 0.6) is 0 Å². The molecule has 0 saturated carbocycles. The Labute approximate surface area is 188 Å². The second-order valence-corrected chi connectivity index (χ2v) is 10.3. The van der Waals surface area contributed by atoms with Crippen LogP contribution in [0.15, 0.2) is 83.8 Å². The molecule has 2 aliphatic rings. The van der Waals surface area contributed by atoms with E-state index in [1.807, 2.05) is 19.1 Å². The third kappa shape index (κ3) is 3.73. The van der Waals surface area contributed by atoms with Gasteiger partial charge in [-0.2, -0.15) is 0 Å². The molecule has 1 aliphatic heterocycles. The van der Waals surface area contributed by atoms with E-state index in [9.17, 15) is 8.42 Å².